The number of phenolic OH excluding ortho intramolecular Hbond substituents is 1. The molecule has 43 heavy (non-hydrogen) atoms. The molecule has 3 aromatic rings. The maximum atomic E-state index is 13.4. The van der Waals surface area contributed by atoms with Gasteiger partial charge in [-0.15, -0.1) is 0 Å². The lowest BCUT2D eigenvalue weighted by atomic mass is 10.0. The van der Waals surface area contributed by atoms with E-state index in [4.69, 9.17) is 20.6 Å². The highest BCUT2D eigenvalue weighted by Crippen LogP contribution is 2.33. The third kappa shape index (κ3) is 8.51. The summed E-state index contributed by atoms with van der Waals surface area (Å²) in [5, 5.41) is 19.9. The topological polar surface area (TPSA) is 185 Å². The zero-order valence-corrected chi connectivity index (χ0v) is 22.9. The van der Waals surface area contributed by atoms with E-state index >= 15 is 0 Å². The van der Waals surface area contributed by atoms with Gasteiger partial charge in [0.05, 0.1) is 18.8 Å². The molecule has 15 heteroatoms. The molecule has 0 aliphatic rings. The number of hydrogen-bond acceptors (Lipinski definition) is 9. The molecule has 0 saturated carbocycles. The molecule has 0 heterocycles. The lowest BCUT2D eigenvalue weighted by molar-refractivity contribution is -0.189. The number of nitrogens with one attached hydrogen (secondary N) is 4. The fourth-order valence-corrected chi connectivity index (χ4v) is 3.67. The molecule has 3 aromatic carbocycles. The Labute approximate surface area is 243 Å². The van der Waals surface area contributed by atoms with E-state index in [1.165, 1.54) is 42.5 Å². The van der Waals surface area contributed by atoms with Crippen molar-refractivity contribution < 1.29 is 46.9 Å². The molecule has 0 bridgehead atoms. The van der Waals surface area contributed by atoms with Gasteiger partial charge in [-0.2, -0.15) is 13.2 Å². The molecule has 3 rings (SSSR count). The summed E-state index contributed by atoms with van der Waals surface area (Å²) in [6.45, 7) is 4.10. The Kier molecular flexibility index (Phi) is 10.4. The number of hydrogen-bond donors (Lipinski definition) is 6. The van der Waals surface area contributed by atoms with E-state index in [0.717, 1.165) is 12.1 Å². The minimum Gasteiger partial charge on any atom is -0.508 e. The standard InChI is InChI=1S/C28H28F3N5O7/c1-3-41-20-12-7-16(13-22(20)42-4-2)23(26(39)36-35-25(38)15-5-9-18(37)10-6-15)34-17-8-11-19(24(32)33)21(14-17)43-27(40)28(29,30)31/h5-14,23,34,37H,3-4H2,1-2H3,(H3,32,33)(H,35,38)(H,36,39). The average Bonchev–Trinajstić information content (AvgIpc) is 2.95. The number of alkyl halides is 3. The lowest BCUT2D eigenvalue weighted by Crippen LogP contribution is -2.45. The van der Waals surface area contributed by atoms with Crippen molar-refractivity contribution in [3.63, 3.8) is 0 Å². The van der Waals surface area contributed by atoms with Crippen LogP contribution in [0.5, 0.6) is 23.0 Å². The highest BCUT2D eigenvalue weighted by Gasteiger charge is 2.42. The number of phenols is 1. The number of ether oxygens (including phenoxy) is 3. The van der Waals surface area contributed by atoms with E-state index in [2.05, 4.69) is 20.9 Å². The van der Waals surface area contributed by atoms with Gasteiger partial charge in [0.25, 0.3) is 11.8 Å². The first kappa shape index (κ1) is 32.0. The normalized spacial score (nSPS) is 11.6. The summed E-state index contributed by atoms with van der Waals surface area (Å²) in [6, 6.07) is 11.9. The summed E-state index contributed by atoms with van der Waals surface area (Å²) in [5.41, 5.74) is 10.1. The number of halogens is 3. The van der Waals surface area contributed by atoms with E-state index in [0.29, 0.717) is 18.1 Å². The molecule has 0 saturated heterocycles. The van der Waals surface area contributed by atoms with E-state index < -0.39 is 41.6 Å². The van der Waals surface area contributed by atoms with Crippen LogP contribution in [0.1, 0.15) is 41.4 Å². The Hall–Kier alpha value is -5.47. The molecule has 0 radical (unpaired) electrons. The fourth-order valence-electron chi connectivity index (χ4n) is 3.67. The number of benzene rings is 3. The zero-order chi connectivity index (χ0) is 31.7. The minimum atomic E-state index is -5.33. The number of aromatic hydroxyl groups is 1. The number of nitrogens with two attached hydrogens (primary N) is 1. The molecule has 228 valence electrons. The Morgan fingerprint density at radius 2 is 1.56 bits per heavy atom. The van der Waals surface area contributed by atoms with E-state index in [-0.39, 0.29) is 34.7 Å². The number of carbonyl (C=O) groups is 3. The molecule has 2 amide bonds. The molecular weight excluding hydrogens is 575 g/mol. The molecular formula is C28H28F3N5O7. The number of anilines is 1. The third-order valence-electron chi connectivity index (χ3n) is 5.61. The lowest BCUT2D eigenvalue weighted by Gasteiger charge is -2.22. The molecule has 0 spiro atoms. The Balaban J connectivity index is 1.98. The van der Waals surface area contributed by atoms with Crippen molar-refractivity contribution in [2.45, 2.75) is 26.1 Å². The van der Waals surface area contributed by atoms with E-state index in [9.17, 15) is 32.7 Å². The van der Waals surface area contributed by atoms with Gasteiger partial charge in [0.15, 0.2) is 11.5 Å². The van der Waals surface area contributed by atoms with Crippen LogP contribution >= 0.6 is 0 Å². The first-order valence-electron chi connectivity index (χ1n) is 12.7. The molecule has 0 aliphatic carbocycles. The summed E-state index contributed by atoms with van der Waals surface area (Å²) in [7, 11) is 0. The molecule has 1 atom stereocenters. The van der Waals surface area contributed by atoms with Gasteiger partial charge in [-0.05, 0) is 67.9 Å². The molecule has 0 fully saturated rings. The number of esters is 1. The maximum absolute atomic E-state index is 13.4. The second-order valence-corrected chi connectivity index (χ2v) is 8.65. The van der Waals surface area contributed by atoms with Crippen LogP contribution in [0.3, 0.4) is 0 Å². The van der Waals surface area contributed by atoms with Gasteiger partial charge in [0, 0.05) is 17.3 Å². The van der Waals surface area contributed by atoms with Crippen LogP contribution in [0.2, 0.25) is 0 Å². The van der Waals surface area contributed by atoms with Crippen LogP contribution in [0.25, 0.3) is 0 Å². The number of amides is 2. The van der Waals surface area contributed by atoms with Gasteiger partial charge in [-0.3, -0.25) is 25.8 Å². The van der Waals surface area contributed by atoms with Gasteiger partial charge in [-0.25, -0.2) is 4.79 Å². The molecule has 12 nitrogen and oxygen atoms in total. The van der Waals surface area contributed by atoms with Crippen molar-refractivity contribution in [1.82, 2.24) is 10.9 Å². The van der Waals surface area contributed by atoms with Gasteiger partial charge < -0.3 is 30.4 Å². The summed E-state index contributed by atoms with van der Waals surface area (Å²) < 4.78 is 54.3. The third-order valence-corrected chi connectivity index (χ3v) is 5.61. The first-order chi connectivity index (χ1) is 20.3. The summed E-state index contributed by atoms with van der Waals surface area (Å²) >= 11 is 0. The van der Waals surface area contributed by atoms with Gasteiger partial charge in [0.2, 0.25) is 0 Å². The highest BCUT2D eigenvalue weighted by atomic mass is 19.4. The quantitative estimate of drug-likeness (QED) is 0.0627. The van der Waals surface area contributed by atoms with E-state index in [1.807, 2.05) is 0 Å². The monoisotopic (exact) mass is 603 g/mol. The summed E-state index contributed by atoms with van der Waals surface area (Å²) in [6.07, 6.45) is -5.33. The number of hydrazine groups is 1. The number of amidine groups is 1. The molecule has 1 unspecified atom stereocenters. The van der Waals surface area contributed by atoms with E-state index in [1.54, 1.807) is 19.9 Å². The van der Waals surface area contributed by atoms with Crippen molar-refractivity contribution in [2.24, 2.45) is 5.73 Å². The highest BCUT2D eigenvalue weighted by molar-refractivity contribution is 5.99. The number of carbonyl (C=O) groups excluding carboxylic acids is 3. The van der Waals surface area contributed by atoms with Gasteiger partial charge >= 0.3 is 12.1 Å². The smallest absolute Gasteiger partial charge is 0.491 e. The predicted octanol–water partition coefficient (Wildman–Crippen LogP) is 3.56. The largest absolute Gasteiger partial charge is 0.508 e. The van der Waals surface area contributed by atoms with Crippen LogP contribution in [0, 0.1) is 5.41 Å². The number of rotatable bonds is 11. The van der Waals surface area contributed by atoms with Crippen LogP contribution in [-0.4, -0.2) is 48.1 Å². The first-order valence-corrected chi connectivity index (χ1v) is 12.7. The minimum absolute atomic E-state index is 0.00756. The van der Waals surface area contributed by atoms with Gasteiger partial charge in [-0.1, -0.05) is 6.07 Å². The second kappa shape index (κ2) is 13.9. The number of nitrogen functional groups attached to an aromatic ring is 1. The van der Waals surface area contributed by atoms with Crippen LogP contribution in [0.4, 0.5) is 18.9 Å². The van der Waals surface area contributed by atoms with Crippen molar-refractivity contribution in [3.8, 4) is 23.0 Å². The Morgan fingerprint density at radius 1 is 0.907 bits per heavy atom. The summed E-state index contributed by atoms with van der Waals surface area (Å²) in [5.74, 6) is -4.80. The van der Waals surface area contributed by atoms with Crippen LogP contribution in [-0.2, 0) is 9.59 Å². The predicted molar refractivity (Wildman–Crippen MR) is 148 cm³/mol. The average molecular weight is 604 g/mol. The Morgan fingerprint density at radius 3 is 2.16 bits per heavy atom. The Bertz CT molecular complexity index is 1500. The second-order valence-electron chi connectivity index (χ2n) is 8.65. The van der Waals surface area contributed by atoms with Crippen LogP contribution < -0.4 is 36.1 Å². The molecule has 0 aliphatic heterocycles. The van der Waals surface area contributed by atoms with Crippen molar-refractivity contribution in [3.05, 3.63) is 77.4 Å². The molecule has 0 aromatic heterocycles. The van der Waals surface area contributed by atoms with Crippen LogP contribution in [0.15, 0.2) is 60.7 Å². The van der Waals surface area contributed by atoms with Gasteiger partial charge in [0.1, 0.15) is 23.4 Å². The van der Waals surface area contributed by atoms with Crippen molar-refractivity contribution in [2.75, 3.05) is 18.5 Å². The SMILES string of the molecule is CCOc1ccc(C(Nc2ccc(C(=N)N)c(OC(=O)C(F)(F)F)c2)C(=O)NNC(=O)c2ccc(O)cc2)cc1OCC. The summed E-state index contributed by atoms with van der Waals surface area (Å²) in [4.78, 5) is 37.4. The van der Waals surface area contributed by atoms with Crippen molar-refractivity contribution >= 4 is 29.3 Å². The zero-order valence-electron chi connectivity index (χ0n) is 22.9. The van der Waals surface area contributed by atoms with Crippen molar-refractivity contribution in [1.29, 1.82) is 5.41 Å². The fraction of sp³-hybridized carbons (Fsp3) is 0.214. The molecule has 7 N–H and O–H groups in total. The maximum Gasteiger partial charge on any atom is 0.491 e.